The zero-order valence-electron chi connectivity index (χ0n) is 9.94. The highest BCUT2D eigenvalue weighted by Crippen LogP contribution is 2.21. The van der Waals surface area contributed by atoms with Crippen LogP contribution in [0.5, 0.6) is 0 Å². The Morgan fingerprint density at radius 2 is 2.11 bits per heavy atom. The van der Waals surface area contributed by atoms with Crippen molar-refractivity contribution < 1.29 is 9.72 Å². The Morgan fingerprint density at radius 3 is 2.68 bits per heavy atom. The van der Waals surface area contributed by atoms with Crippen LogP contribution in [0, 0.1) is 17.0 Å². The van der Waals surface area contributed by atoms with E-state index in [0.717, 1.165) is 10.0 Å². The smallest absolute Gasteiger partial charge is 0.321 e. The number of H-pyrrole nitrogens is 1. The second-order valence-electron chi connectivity index (χ2n) is 3.93. The second-order valence-corrected chi connectivity index (χ2v) is 4.79. The van der Waals surface area contributed by atoms with Gasteiger partial charge in [0, 0.05) is 16.2 Å². The minimum absolute atomic E-state index is 0.142. The van der Waals surface area contributed by atoms with E-state index in [0.29, 0.717) is 5.69 Å². The highest BCUT2D eigenvalue weighted by Gasteiger charge is 2.15. The van der Waals surface area contributed by atoms with E-state index in [1.165, 1.54) is 12.1 Å². The fourth-order valence-corrected chi connectivity index (χ4v) is 1.87. The molecule has 1 aromatic carbocycles. The predicted molar refractivity (Wildman–Crippen MR) is 74.3 cm³/mol. The van der Waals surface area contributed by atoms with Crippen LogP contribution in [0.15, 0.2) is 34.8 Å². The summed E-state index contributed by atoms with van der Waals surface area (Å²) < 4.78 is 0.878. The molecule has 0 saturated carbocycles. The number of nitrogens with one attached hydrogen (secondary N) is 2. The molecule has 0 fully saturated rings. The summed E-state index contributed by atoms with van der Waals surface area (Å²) in [6.45, 7) is 1.93. The largest absolute Gasteiger partial charge is 0.358 e. The number of rotatable bonds is 3. The lowest BCUT2D eigenvalue weighted by atomic mass is 10.2. The van der Waals surface area contributed by atoms with E-state index in [9.17, 15) is 14.9 Å². The molecular weight excluding hydrogens is 314 g/mol. The molecule has 6 nitrogen and oxygen atoms in total. The standard InChI is InChI=1S/C12H10BrN3O3/c1-7-2-3-8(6-9(7)13)14-12(17)10-4-5-11(15-10)16(18)19/h2-6,15H,1H3,(H,14,17). The molecule has 2 N–H and O–H groups in total. The lowest BCUT2D eigenvalue weighted by Gasteiger charge is -2.04. The molecule has 0 spiro atoms. The number of aryl methyl sites for hydroxylation is 1. The molecular formula is C12H10BrN3O3. The minimum atomic E-state index is -0.584. The maximum Gasteiger partial charge on any atom is 0.321 e. The number of nitrogens with zero attached hydrogens (tertiary/aromatic N) is 1. The van der Waals surface area contributed by atoms with Gasteiger partial charge in [-0.1, -0.05) is 22.0 Å². The maximum atomic E-state index is 11.9. The zero-order valence-corrected chi connectivity index (χ0v) is 11.5. The third-order valence-corrected chi connectivity index (χ3v) is 3.40. The van der Waals surface area contributed by atoms with Crippen LogP contribution in [-0.2, 0) is 0 Å². The van der Waals surface area contributed by atoms with Gasteiger partial charge in [0.25, 0.3) is 5.91 Å². The van der Waals surface area contributed by atoms with Crippen molar-refractivity contribution in [1.82, 2.24) is 4.98 Å². The first-order valence-corrected chi connectivity index (χ1v) is 6.17. The predicted octanol–water partition coefficient (Wildman–Crippen LogP) is 3.25. The van der Waals surface area contributed by atoms with Crippen LogP contribution in [0.1, 0.15) is 16.1 Å². The summed E-state index contributed by atoms with van der Waals surface area (Å²) in [7, 11) is 0. The van der Waals surface area contributed by atoms with Gasteiger partial charge in [-0.2, -0.15) is 0 Å². The van der Waals surface area contributed by atoms with Gasteiger partial charge in [-0.05, 0) is 35.6 Å². The van der Waals surface area contributed by atoms with Crippen LogP contribution < -0.4 is 5.32 Å². The van der Waals surface area contributed by atoms with Crippen molar-refractivity contribution in [2.45, 2.75) is 6.92 Å². The van der Waals surface area contributed by atoms with Crippen LogP contribution in [0.2, 0.25) is 0 Å². The molecule has 0 aliphatic rings. The molecule has 1 heterocycles. The van der Waals surface area contributed by atoms with Gasteiger partial charge in [0.15, 0.2) is 5.69 Å². The topological polar surface area (TPSA) is 88.0 Å². The maximum absolute atomic E-state index is 11.9. The number of hydrogen-bond donors (Lipinski definition) is 2. The van der Waals surface area contributed by atoms with E-state index in [-0.39, 0.29) is 11.5 Å². The summed E-state index contributed by atoms with van der Waals surface area (Å²) in [5.41, 5.74) is 1.80. The van der Waals surface area contributed by atoms with Crippen molar-refractivity contribution in [1.29, 1.82) is 0 Å². The number of carbonyl (C=O) groups is 1. The van der Waals surface area contributed by atoms with Crippen molar-refractivity contribution in [3.05, 3.63) is 56.2 Å². The van der Waals surface area contributed by atoms with Crippen molar-refractivity contribution in [3.8, 4) is 0 Å². The average Bonchev–Trinajstić information content (AvgIpc) is 2.83. The molecule has 1 aromatic heterocycles. The first-order valence-electron chi connectivity index (χ1n) is 5.38. The van der Waals surface area contributed by atoms with Crippen LogP contribution in [-0.4, -0.2) is 15.8 Å². The minimum Gasteiger partial charge on any atom is -0.358 e. The number of anilines is 1. The lowest BCUT2D eigenvalue weighted by Crippen LogP contribution is -2.12. The van der Waals surface area contributed by atoms with Crippen LogP contribution in [0.3, 0.4) is 0 Å². The molecule has 0 unspecified atom stereocenters. The Hall–Kier alpha value is -2.15. The molecule has 0 radical (unpaired) electrons. The second kappa shape index (κ2) is 5.23. The van der Waals surface area contributed by atoms with Crippen molar-refractivity contribution >= 4 is 33.3 Å². The highest BCUT2D eigenvalue weighted by atomic mass is 79.9. The number of nitro groups is 1. The lowest BCUT2D eigenvalue weighted by molar-refractivity contribution is -0.389. The Bertz CT molecular complexity index is 651. The molecule has 1 amide bonds. The number of amides is 1. The summed E-state index contributed by atoms with van der Waals surface area (Å²) in [6.07, 6.45) is 0. The molecule has 2 aromatic rings. The Labute approximate surface area is 117 Å². The van der Waals surface area contributed by atoms with Gasteiger partial charge in [0.1, 0.15) is 0 Å². The van der Waals surface area contributed by atoms with Crippen LogP contribution in [0.25, 0.3) is 0 Å². The average molecular weight is 324 g/mol. The normalized spacial score (nSPS) is 10.2. The Kier molecular flexibility index (Phi) is 3.66. The highest BCUT2D eigenvalue weighted by molar-refractivity contribution is 9.10. The fraction of sp³-hybridized carbons (Fsp3) is 0.0833. The molecule has 7 heteroatoms. The van der Waals surface area contributed by atoms with E-state index >= 15 is 0 Å². The third-order valence-electron chi connectivity index (χ3n) is 2.54. The summed E-state index contributed by atoms with van der Waals surface area (Å²) >= 11 is 3.37. The van der Waals surface area contributed by atoms with Gasteiger partial charge in [0.05, 0.1) is 0 Å². The molecule has 2 rings (SSSR count). The molecule has 19 heavy (non-hydrogen) atoms. The van der Waals surface area contributed by atoms with Gasteiger partial charge in [-0.25, -0.2) is 4.98 Å². The molecule has 98 valence electrons. The monoisotopic (exact) mass is 323 g/mol. The van der Waals surface area contributed by atoms with E-state index < -0.39 is 10.8 Å². The quantitative estimate of drug-likeness (QED) is 0.671. The van der Waals surface area contributed by atoms with Crippen molar-refractivity contribution in [2.24, 2.45) is 0 Å². The van der Waals surface area contributed by atoms with Crippen molar-refractivity contribution in [3.63, 3.8) is 0 Å². The molecule has 0 aliphatic heterocycles. The van der Waals surface area contributed by atoms with Gasteiger partial charge in [-0.15, -0.1) is 0 Å². The third kappa shape index (κ3) is 3.00. The number of aromatic amines is 1. The molecule has 0 saturated heterocycles. The first-order chi connectivity index (χ1) is 8.97. The number of hydrogen-bond acceptors (Lipinski definition) is 3. The summed E-state index contributed by atoms with van der Waals surface area (Å²) in [6, 6.07) is 8.01. The van der Waals surface area contributed by atoms with E-state index in [2.05, 4.69) is 26.2 Å². The zero-order chi connectivity index (χ0) is 14.0. The van der Waals surface area contributed by atoms with Crippen LogP contribution in [0.4, 0.5) is 11.5 Å². The van der Waals surface area contributed by atoms with E-state index in [1.807, 2.05) is 13.0 Å². The van der Waals surface area contributed by atoms with E-state index in [4.69, 9.17) is 0 Å². The number of halogens is 1. The summed E-state index contributed by atoms with van der Waals surface area (Å²) in [5, 5.41) is 13.2. The summed E-state index contributed by atoms with van der Waals surface area (Å²) in [5.74, 6) is -0.640. The molecule has 0 aliphatic carbocycles. The SMILES string of the molecule is Cc1ccc(NC(=O)c2ccc([N+](=O)[O-])[nH]2)cc1Br. The summed E-state index contributed by atoms with van der Waals surface area (Å²) in [4.78, 5) is 24.2. The van der Waals surface area contributed by atoms with Gasteiger partial charge < -0.3 is 15.4 Å². The Morgan fingerprint density at radius 1 is 1.37 bits per heavy atom. The van der Waals surface area contributed by atoms with Gasteiger partial charge in [-0.3, -0.25) is 4.79 Å². The Balaban J connectivity index is 2.15. The van der Waals surface area contributed by atoms with Crippen molar-refractivity contribution in [2.75, 3.05) is 5.32 Å². The first kappa shape index (κ1) is 13.3. The fourth-order valence-electron chi connectivity index (χ4n) is 1.49. The van der Waals surface area contributed by atoms with Gasteiger partial charge in [0.2, 0.25) is 0 Å². The number of aromatic nitrogens is 1. The van der Waals surface area contributed by atoms with Gasteiger partial charge >= 0.3 is 5.82 Å². The molecule has 0 bridgehead atoms. The molecule has 0 atom stereocenters. The van der Waals surface area contributed by atoms with Crippen LogP contribution >= 0.6 is 15.9 Å². The van der Waals surface area contributed by atoms with E-state index in [1.54, 1.807) is 12.1 Å². The number of benzene rings is 1. The number of carbonyl (C=O) groups excluding carboxylic acids is 1.